The first-order chi connectivity index (χ1) is 13.9. The van der Waals surface area contributed by atoms with Crippen LogP contribution < -0.4 is 10.1 Å². The summed E-state index contributed by atoms with van der Waals surface area (Å²) in [5.41, 5.74) is 1.83. The van der Waals surface area contributed by atoms with Crippen molar-refractivity contribution in [3.05, 3.63) is 40.5 Å². The zero-order valence-electron chi connectivity index (χ0n) is 17.1. The molecule has 2 aromatic rings. The van der Waals surface area contributed by atoms with E-state index in [4.69, 9.17) is 25.8 Å². The second-order valence-corrected chi connectivity index (χ2v) is 8.09. The molecule has 1 N–H and O–H groups in total. The van der Waals surface area contributed by atoms with Crippen LogP contribution in [-0.2, 0) is 16.0 Å². The van der Waals surface area contributed by atoms with Crippen LogP contribution in [0.2, 0.25) is 5.02 Å². The van der Waals surface area contributed by atoms with E-state index in [1.807, 2.05) is 25.1 Å². The van der Waals surface area contributed by atoms with E-state index in [1.165, 1.54) is 0 Å². The largest absolute Gasteiger partial charge is 0.493 e. The van der Waals surface area contributed by atoms with Gasteiger partial charge >= 0.3 is 6.09 Å². The Morgan fingerprint density at radius 1 is 1.41 bits per heavy atom. The number of anilines is 1. The first-order valence-corrected chi connectivity index (χ1v) is 10.3. The molecule has 2 heterocycles. The number of halogens is 1. The molecular formula is C21H28ClN3O4. The summed E-state index contributed by atoms with van der Waals surface area (Å²) >= 11 is 6.18. The summed E-state index contributed by atoms with van der Waals surface area (Å²) < 4.78 is 18.4. The fraction of sp³-hybridized carbons (Fsp3) is 0.524. The molecule has 1 aromatic heterocycles. The van der Waals surface area contributed by atoms with Gasteiger partial charge in [0.2, 0.25) is 0 Å². The van der Waals surface area contributed by atoms with Crippen LogP contribution in [0.25, 0.3) is 0 Å². The van der Waals surface area contributed by atoms with Crippen molar-refractivity contribution < 1.29 is 19.0 Å². The van der Waals surface area contributed by atoms with E-state index in [-0.39, 0.29) is 6.10 Å². The smallest absolute Gasteiger partial charge is 0.413 e. The van der Waals surface area contributed by atoms with Gasteiger partial charge in [-0.1, -0.05) is 25.4 Å². The number of carbonyl (C=O) groups is 1. The second-order valence-electron chi connectivity index (χ2n) is 7.65. The lowest BCUT2D eigenvalue weighted by Gasteiger charge is -2.21. The van der Waals surface area contributed by atoms with Crippen LogP contribution in [0.1, 0.15) is 37.9 Å². The number of hydrogen-bond acceptors (Lipinski definition) is 5. The highest BCUT2D eigenvalue weighted by atomic mass is 35.5. The monoisotopic (exact) mass is 421 g/mol. The Bertz CT molecular complexity index is 831. The molecule has 0 radical (unpaired) electrons. The molecule has 0 spiro atoms. The Morgan fingerprint density at radius 2 is 2.24 bits per heavy atom. The molecule has 0 bridgehead atoms. The summed E-state index contributed by atoms with van der Waals surface area (Å²) in [7, 11) is 0. The number of hydrogen-bond donors (Lipinski definition) is 1. The fourth-order valence-corrected chi connectivity index (χ4v) is 3.25. The van der Waals surface area contributed by atoms with Gasteiger partial charge in [0.05, 0.1) is 19.8 Å². The molecule has 1 aromatic carbocycles. The Labute approximate surface area is 176 Å². The van der Waals surface area contributed by atoms with Crippen LogP contribution in [0.5, 0.6) is 5.75 Å². The van der Waals surface area contributed by atoms with Crippen LogP contribution in [0.4, 0.5) is 10.6 Å². The SMILES string of the molecule is Cc1cc(NC(=O)OC2CCCOC2)nn1Cc1cc(Cl)ccc1OCC(C)C. The zero-order valence-corrected chi connectivity index (χ0v) is 17.9. The van der Waals surface area contributed by atoms with E-state index in [2.05, 4.69) is 24.3 Å². The second kappa shape index (κ2) is 9.98. The first-order valence-electron chi connectivity index (χ1n) is 9.91. The van der Waals surface area contributed by atoms with Crippen molar-refractivity contribution in [3.63, 3.8) is 0 Å². The average Bonchev–Trinajstić information content (AvgIpc) is 3.00. The van der Waals surface area contributed by atoms with Crippen molar-refractivity contribution in [2.75, 3.05) is 25.1 Å². The Morgan fingerprint density at radius 3 is 2.97 bits per heavy atom. The summed E-state index contributed by atoms with van der Waals surface area (Å²) in [6, 6.07) is 7.37. The van der Waals surface area contributed by atoms with E-state index in [0.29, 0.717) is 36.5 Å². The molecule has 8 heteroatoms. The normalized spacial score (nSPS) is 16.7. The molecule has 0 saturated carbocycles. The standard InChI is InChI=1S/C21H28ClN3O4/c1-14(2)12-28-19-7-6-17(22)10-16(19)11-25-15(3)9-20(24-25)23-21(26)29-18-5-4-8-27-13-18/h6-7,9-10,14,18H,4-5,8,11-13H2,1-3H3,(H,23,24,26). The maximum Gasteiger partial charge on any atom is 0.413 e. The van der Waals surface area contributed by atoms with Gasteiger partial charge in [0.15, 0.2) is 5.82 Å². The highest BCUT2D eigenvalue weighted by Gasteiger charge is 2.19. The van der Waals surface area contributed by atoms with Crippen molar-refractivity contribution >= 4 is 23.5 Å². The van der Waals surface area contributed by atoms with Crippen molar-refractivity contribution in [1.29, 1.82) is 0 Å². The van der Waals surface area contributed by atoms with Crippen molar-refractivity contribution in [1.82, 2.24) is 9.78 Å². The van der Waals surface area contributed by atoms with Gasteiger partial charge in [-0.05, 0) is 43.9 Å². The van der Waals surface area contributed by atoms with Gasteiger partial charge in [0.1, 0.15) is 11.9 Å². The van der Waals surface area contributed by atoms with Gasteiger partial charge in [-0.15, -0.1) is 0 Å². The van der Waals surface area contributed by atoms with Gasteiger partial charge in [0.25, 0.3) is 0 Å². The summed E-state index contributed by atoms with van der Waals surface area (Å²) in [5.74, 6) is 1.64. The van der Waals surface area contributed by atoms with E-state index in [1.54, 1.807) is 10.7 Å². The summed E-state index contributed by atoms with van der Waals surface area (Å²) in [5, 5.41) is 7.81. The third-order valence-electron chi connectivity index (χ3n) is 4.52. The summed E-state index contributed by atoms with van der Waals surface area (Å²) in [6.07, 6.45) is 0.981. The maximum atomic E-state index is 12.1. The molecule has 1 unspecified atom stereocenters. The third kappa shape index (κ3) is 6.37. The third-order valence-corrected chi connectivity index (χ3v) is 4.75. The number of aromatic nitrogens is 2. The number of nitrogens with zero attached hydrogens (tertiary/aromatic N) is 2. The molecule has 1 atom stereocenters. The molecule has 7 nitrogen and oxygen atoms in total. The van der Waals surface area contributed by atoms with E-state index in [9.17, 15) is 4.79 Å². The predicted molar refractivity (Wildman–Crippen MR) is 112 cm³/mol. The van der Waals surface area contributed by atoms with Crippen LogP contribution in [0.15, 0.2) is 24.3 Å². The molecule has 3 rings (SSSR count). The lowest BCUT2D eigenvalue weighted by Crippen LogP contribution is -2.30. The lowest BCUT2D eigenvalue weighted by molar-refractivity contribution is -0.0123. The van der Waals surface area contributed by atoms with Crippen LogP contribution in [0, 0.1) is 12.8 Å². The highest BCUT2D eigenvalue weighted by molar-refractivity contribution is 6.30. The number of rotatable bonds is 7. The van der Waals surface area contributed by atoms with Gasteiger partial charge in [-0.25, -0.2) is 4.79 Å². The molecule has 29 heavy (non-hydrogen) atoms. The number of ether oxygens (including phenoxy) is 3. The molecule has 158 valence electrons. The van der Waals surface area contributed by atoms with Crippen molar-refractivity contribution in [3.8, 4) is 5.75 Å². The molecule has 1 fully saturated rings. The molecular weight excluding hydrogens is 394 g/mol. The van der Waals surface area contributed by atoms with Crippen LogP contribution in [-0.4, -0.2) is 41.8 Å². The number of carbonyl (C=O) groups excluding carboxylic acids is 1. The Kier molecular flexibility index (Phi) is 7.39. The number of aryl methyl sites for hydroxylation is 1. The minimum atomic E-state index is -0.520. The molecule has 1 saturated heterocycles. The van der Waals surface area contributed by atoms with Gasteiger partial charge in [-0.3, -0.25) is 10.00 Å². The van der Waals surface area contributed by atoms with Crippen LogP contribution >= 0.6 is 11.6 Å². The van der Waals surface area contributed by atoms with E-state index < -0.39 is 6.09 Å². The summed E-state index contributed by atoms with van der Waals surface area (Å²) in [4.78, 5) is 12.1. The molecule has 0 aliphatic carbocycles. The Balaban J connectivity index is 1.65. The fourth-order valence-electron chi connectivity index (χ4n) is 3.05. The Hall–Kier alpha value is -2.25. The maximum absolute atomic E-state index is 12.1. The lowest BCUT2D eigenvalue weighted by atomic mass is 10.2. The minimum Gasteiger partial charge on any atom is -0.493 e. The topological polar surface area (TPSA) is 74.6 Å². The molecule has 1 aliphatic heterocycles. The number of nitrogens with one attached hydrogen (secondary N) is 1. The van der Waals surface area contributed by atoms with Gasteiger partial charge in [0, 0.05) is 29.0 Å². The first kappa shape index (κ1) is 21.5. The van der Waals surface area contributed by atoms with Crippen molar-refractivity contribution in [2.45, 2.75) is 46.3 Å². The van der Waals surface area contributed by atoms with Crippen LogP contribution in [0.3, 0.4) is 0 Å². The van der Waals surface area contributed by atoms with E-state index in [0.717, 1.165) is 36.5 Å². The molecule has 1 aliphatic rings. The van der Waals surface area contributed by atoms with Gasteiger partial charge in [-0.2, -0.15) is 5.10 Å². The van der Waals surface area contributed by atoms with Gasteiger partial charge < -0.3 is 14.2 Å². The zero-order chi connectivity index (χ0) is 20.8. The average molecular weight is 422 g/mol. The number of benzene rings is 1. The van der Waals surface area contributed by atoms with Crippen molar-refractivity contribution in [2.24, 2.45) is 5.92 Å². The highest BCUT2D eigenvalue weighted by Crippen LogP contribution is 2.25. The molecule has 1 amide bonds. The minimum absolute atomic E-state index is 0.209. The van der Waals surface area contributed by atoms with E-state index >= 15 is 0 Å². The summed E-state index contributed by atoms with van der Waals surface area (Å²) in [6.45, 7) is 8.39. The quantitative estimate of drug-likeness (QED) is 0.703. The predicted octanol–water partition coefficient (Wildman–Crippen LogP) is 4.66. The number of amides is 1.